The zero-order valence-electron chi connectivity index (χ0n) is 32.4. The molecule has 3 fully saturated rings. The first-order valence-electron chi connectivity index (χ1n) is 19.5. The van der Waals surface area contributed by atoms with Crippen molar-refractivity contribution >= 4 is 32.8 Å². The Balaban J connectivity index is 1.12. The molecule has 2 aliphatic carbocycles. The Morgan fingerprint density at radius 3 is 2.48 bits per heavy atom. The number of nitrogens with one attached hydrogen (secondary N) is 1. The normalized spacial score (nSPS) is 20.9. The second-order valence-corrected chi connectivity index (χ2v) is 18.9. The highest BCUT2D eigenvalue weighted by atomic mass is 32.2. The lowest BCUT2D eigenvalue weighted by molar-refractivity contribution is -0.147. The van der Waals surface area contributed by atoms with Gasteiger partial charge in [-0.3, -0.25) is 4.79 Å². The molecule has 0 unspecified atom stereocenters. The van der Waals surface area contributed by atoms with Gasteiger partial charge >= 0.3 is 5.97 Å². The monoisotopic (exact) mass is 755 g/mol. The number of nitrogens with zero attached hydrogens (tertiary/aromatic N) is 6. The zero-order valence-corrected chi connectivity index (χ0v) is 33.2. The number of aliphatic carboxylic acids is 1. The Hall–Kier alpha value is -4.07. The van der Waals surface area contributed by atoms with Crippen LogP contribution in [0.3, 0.4) is 0 Å². The molecule has 4 heterocycles. The van der Waals surface area contributed by atoms with Gasteiger partial charge in [-0.15, -0.1) is 5.10 Å². The second-order valence-electron chi connectivity index (χ2n) is 17.0. The molecular formula is C41H53N7O5S. The number of carbonyl (C=O) groups is 1. The number of pyridine rings is 1. The summed E-state index contributed by atoms with van der Waals surface area (Å²) >= 11 is 0. The second kappa shape index (κ2) is 13.6. The molecule has 2 saturated carbocycles. The van der Waals surface area contributed by atoms with E-state index in [0.717, 1.165) is 89.7 Å². The van der Waals surface area contributed by atoms with Gasteiger partial charge < -0.3 is 20.1 Å². The Morgan fingerprint density at radius 2 is 1.80 bits per heavy atom. The van der Waals surface area contributed by atoms with Crippen LogP contribution in [0.25, 0.3) is 11.0 Å². The number of benzene rings is 2. The van der Waals surface area contributed by atoms with Crippen molar-refractivity contribution in [3.63, 3.8) is 0 Å². The molecule has 4 aromatic rings. The highest BCUT2D eigenvalue weighted by molar-refractivity contribution is 7.89. The Morgan fingerprint density at radius 1 is 1.06 bits per heavy atom. The van der Waals surface area contributed by atoms with E-state index in [1.165, 1.54) is 23.6 Å². The smallest absolute Gasteiger partial charge is 0.310 e. The van der Waals surface area contributed by atoms with E-state index in [2.05, 4.69) is 27.5 Å². The van der Waals surface area contributed by atoms with Crippen LogP contribution in [-0.2, 0) is 21.4 Å². The van der Waals surface area contributed by atoms with Crippen LogP contribution in [-0.4, -0.2) is 86.5 Å². The summed E-state index contributed by atoms with van der Waals surface area (Å²) in [6, 6.07) is 12.2. The molecular weight excluding hydrogens is 703 g/mol. The van der Waals surface area contributed by atoms with E-state index < -0.39 is 32.9 Å². The molecule has 1 saturated heterocycles. The van der Waals surface area contributed by atoms with Crippen molar-refractivity contribution < 1.29 is 23.1 Å². The number of sulfonamides is 1. The molecule has 12 nitrogen and oxygen atoms in total. The summed E-state index contributed by atoms with van der Waals surface area (Å²) in [4.78, 5) is 20.3. The number of rotatable bonds is 11. The van der Waals surface area contributed by atoms with Gasteiger partial charge in [-0.2, -0.15) is 9.29 Å². The molecule has 2 aromatic carbocycles. The van der Waals surface area contributed by atoms with Gasteiger partial charge in [0.1, 0.15) is 21.8 Å². The first-order valence-corrected chi connectivity index (χ1v) is 21.0. The van der Waals surface area contributed by atoms with Gasteiger partial charge in [-0.25, -0.2) is 13.1 Å². The summed E-state index contributed by atoms with van der Waals surface area (Å²) in [5.74, 6) is -0.657. The summed E-state index contributed by atoms with van der Waals surface area (Å²) in [7, 11) is -4.02. The molecule has 54 heavy (non-hydrogen) atoms. The fourth-order valence-corrected chi connectivity index (χ4v) is 10.1. The molecule has 288 valence electrons. The fraction of sp³-hybridized carbons (Fsp3) is 0.561. The van der Waals surface area contributed by atoms with Crippen LogP contribution in [0, 0.1) is 26.2 Å². The van der Waals surface area contributed by atoms with E-state index in [1.54, 1.807) is 19.9 Å². The Labute approximate surface area is 318 Å². The summed E-state index contributed by atoms with van der Waals surface area (Å²) in [5, 5.41) is 23.1. The quantitative estimate of drug-likeness (QED) is 0.169. The third-order valence-corrected chi connectivity index (χ3v) is 14.0. The van der Waals surface area contributed by atoms with Gasteiger partial charge in [-0.05, 0) is 139 Å². The Kier molecular flexibility index (Phi) is 9.29. The first kappa shape index (κ1) is 36.9. The number of fused-ring (bicyclic) bond motifs is 2. The highest BCUT2D eigenvalue weighted by Crippen LogP contribution is 2.48. The van der Waals surface area contributed by atoms with E-state index in [-0.39, 0.29) is 29.9 Å². The van der Waals surface area contributed by atoms with E-state index >= 15 is 0 Å². The maximum atomic E-state index is 14.6. The van der Waals surface area contributed by atoms with Gasteiger partial charge in [0.2, 0.25) is 15.9 Å². The van der Waals surface area contributed by atoms with Crippen LogP contribution >= 0.6 is 0 Å². The molecule has 0 radical (unpaired) electrons. The summed E-state index contributed by atoms with van der Waals surface area (Å²) in [6.07, 6.45) is 7.37. The average Bonchev–Trinajstić information content (AvgIpc) is 4.06. The number of likely N-dealkylation sites (tertiary alicyclic amines) is 1. The van der Waals surface area contributed by atoms with Crippen LogP contribution in [0.5, 0.6) is 5.88 Å². The summed E-state index contributed by atoms with van der Waals surface area (Å²) in [5.41, 5.74) is 4.96. The fourth-order valence-electron chi connectivity index (χ4n) is 8.50. The van der Waals surface area contributed by atoms with Crippen LogP contribution in [0.2, 0.25) is 0 Å². The maximum Gasteiger partial charge on any atom is 0.310 e. The Bertz CT molecular complexity index is 2220. The lowest BCUT2D eigenvalue weighted by atomic mass is 9.69. The van der Waals surface area contributed by atoms with Crippen LogP contribution in [0.1, 0.15) is 111 Å². The molecule has 2 aromatic heterocycles. The molecule has 2 N–H and O–H groups in total. The van der Waals surface area contributed by atoms with Crippen molar-refractivity contribution in [2.45, 2.75) is 122 Å². The number of hydrogen-bond donors (Lipinski definition) is 2. The maximum absolute atomic E-state index is 14.6. The van der Waals surface area contributed by atoms with Crippen molar-refractivity contribution in [2.75, 3.05) is 31.5 Å². The lowest BCUT2D eigenvalue weighted by Crippen LogP contribution is -2.38. The zero-order chi connectivity index (χ0) is 38.2. The van der Waals surface area contributed by atoms with E-state index in [9.17, 15) is 18.3 Å². The standard InChI is InChI=1S/C41H53N7O5S/c1-25-10-11-29(35(40(5,6)39(49)50)32-14-15-33-36(28(32)4)44-45-48(33)31-12-13-31)21-30(25)23-47-24-41(16-17-41)53-38-34(54(47,51)52)20-26(2)37(43-38)42-27(3)22-46-18-8-7-9-19-46/h10-11,14-15,20-21,27,31,35H,7-9,12-13,16-19,22-24H2,1-6H3,(H,42,43)(H,49,50)/t27-,35+/m0/s1. The first-order chi connectivity index (χ1) is 25.7. The van der Waals surface area contributed by atoms with Crippen LogP contribution in [0.4, 0.5) is 5.82 Å². The van der Waals surface area contributed by atoms with Gasteiger partial charge in [0.25, 0.3) is 0 Å². The van der Waals surface area contributed by atoms with Gasteiger partial charge in [0.15, 0.2) is 0 Å². The third-order valence-electron chi connectivity index (χ3n) is 12.2. The lowest BCUT2D eigenvalue weighted by Gasteiger charge is -2.33. The minimum absolute atomic E-state index is 0.0832. The van der Waals surface area contributed by atoms with Crippen molar-refractivity contribution in [2.24, 2.45) is 5.41 Å². The number of aromatic nitrogens is 4. The van der Waals surface area contributed by atoms with Crippen molar-refractivity contribution in [3.05, 3.63) is 69.8 Å². The molecule has 2 atom stereocenters. The van der Waals surface area contributed by atoms with Crippen molar-refractivity contribution in [3.8, 4) is 5.88 Å². The minimum atomic E-state index is -4.02. The predicted molar refractivity (Wildman–Crippen MR) is 208 cm³/mol. The number of aryl methyl sites for hydroxylation is 3. The van der Waals surface area contributed by atoms with Gasteiger partial charge in [0, 0.05) is 25.0 Å². The number of anilines is 1. The summed E-state index contributed by atoms with van der Waals surface area (Å²) < 4.78 is 39.2. The number of ether oxygens (including phenoxy) is 1. The number of hydrogen-bond acceptors (Lipinski definition) is 9. The minimum Gasteiger partial charge on any atom is -0.481 e. The SMILES string of the molecule is Cc1ccc([C@H](c2ccc3c(nnn3C3CC3)c2C)C(C)(C)C(=O)O)cc1CN1CC2(CC2)Oc2nc(N[C@@H](C)CN3CCCCC3)c(C)cc2S1(=O)=O. The average molecular weight is 756 g/mol. The molecule has 2 aliphatic heterocycles. The van der Waals surface area contributed by atoms with E-state index in [0.29, 0.717) is 11.9 Å². The van der Waals surface area contributed by atoms with Crippen LogP contribution < -0.4 is 10.1 Å². The van der Waals surface area contributed by atoms with Gasteiger partial charge in [-0.1, -0.05) is 35.9 Å². The number of carboxylic acid groups (broad SMARTS) is 1. The molecule has 1 spiro atoms. The molecule has 13 heteroatoms. The van der Waals surface area contributed by atoms with Crippen molar-refractivity contribution in [1.82, 2.24) is 29.2 Å². The number of carboxylic acids is 1. The van der Waals surface area contributed by atoms with Gasteiger partial charge in [0.05, 0.1) is 23.5 Å². The van der Waals surface area contributed by atoms with E-state index in [1.807, 2.05) is 55.8 Å². The molecule has 8 rings (SSSR count). The predicted octanol–water partition coefficient (Wildman–Crippen LogP) is 6.73. The highest BCUT2D eigenvalue weighted by Gasteiger charge is 2.53. The molecule has 4 aliphatic rings. The summed E-state index contributed by atoms with van der Waals surface area (Å²) in [6.45, 7) is 14.9. The van der Waals surface area contributed by atoms with E-state index in [4.69, 9.17) is 9.72 Å². The third kappa shape index (κ3) is 6.76. The topological polar surface area (TPSA) is 143 Å². The molecule has 0 amide bonds. The number of piperidine rings is 1. The van der Waals surface area contributed by atoms with Crippen LogP contribution in [0.15, 0.2) is 41.3 Å². The van der Waals surface area contributed by atoms with Crippen molar-refractivity contribution in [1.29, 1.82) is 0 Å². The largest absolute Gasteiger partial charge is 0.481 e. The molecule has 0 bridgehead atoms.